The number of nitrogens with one attached hydrogen (secondary N) is 2. The minimum absolute atomic E-state index is 0.0841. The van der Waals surface area contributed by atoms with Crippen LogP contribution in [0.3, 0.4) is 0 Å². The Morgan fingerprint density at radius 3 is 2.70 bits per heavy atom. The number of amides is 1. The molecule has 9 nitrogen and oxygen atoms in total. The maximum Gasteiger partial charge on any atom is 0.417 e. The number of anilines is 2. The lowest BCUT2D eigenvalue weighted by atomic mass is 10.1. The lowest BCUT2D eigenvalue weighted by molar-refractivity contribution is -0.384. The Hall–Kier alpha value is -3.62. The van der Waals surface area contributed by atoms with Crippen LogP contribution in [0, 0.1) is 10.1 Å². The van der Waals surface area contributed by atoms with E-state index in [1.807, 2.05) is 4.90 Å². The van der Waals surface area contributed by atoms with Gasteiger partial charge in [-0.05, 0) is 43.2 Å². The molecule has 2 heterocycles. The van der Waals surface area contributed by atoms with Gasteiger partial charge < -0.3 is 14.6 Å². The van der Waals surface area contributed by atoms with Crippen molar-refractivity contribution in [3.8, 4) is 0 Å². The molecule has 1 amide bonds. The zero-order valence-electron chi connectivity index (χ0n) is 14.2. The molecular formula is C18H16N4O5. The van der Waals surface area contributed by atoms with Gasteiger partial charge in [-0.15, -0.1) is 0 Å². The van der Waals surface area contributed by atoms with Crippen LogP contribution in [0.2, 0.25) is 0 Å². The predicted molar refractivity (Wildman–Crippen MR) is 99.3 cm³/mol. The van der Waals surface area contributed by atoms with Crippen molar-refractivity contribution in [3.05, 3.63) is 62.6 Å². The third-order valence-electron chi connectivity index (χ3n) is 4.56. The van der Waals surface area contributed by atoms with Gasteiger partial charge in [-0.25, -0.2) is 4.79 Å². The summed E-state index contributed by atoms with van der Waals surface area (Å²) < 4.78 is 4.91. The molecule has 0 atom stereocenters. The second-order valence-electron chi connectivity index (χ2n) is 6.33. The van der Waals surface area contributed by atoms with Gasteiger partial charge in [0.2, 0.25) is 0 Å². The van der Waals surface area contributed by atoms with Gasteiger partial charge in [0.15, 0.2) is 5.58 Å². The number of aromatic amines is 1. The molecule has 0 radical (unpaired) electrons. The molecule has 1 aromatic heterocycles. The number of nitro groups is 1. The molecule has 1 saturated heterocycles. The summed E-state index contributed by atoms with van der Waals surface area (Å²) in [6.07, 6.45) is 2.00. The number of fused-ring (bicyclic) bond motifs is 1. The van der Waals surface area contributed by atoms with Crippen LogP contribution >= 0.6 is 0 Å². The fraction of sp³-hybridized carbons (Fsp3) is 0.222. The number of oxazole rings is 1. The van der Waals surface area contributed by atoms with E-state index < -0.39 is 16.6 Å². The highest BCUT2D eigenvalue weighted by Gasteiger charge is 2.24. The van der Waals surface area contributed by atoms with Crippen molar-refractivity contribution in [2.45, 2.75) is 12.8 Å². The molecule has 2 N–H and O–H groups in total. The number of nitro benzene ring substituents is 1. The van der Waals surface area contributed by atoms with Crippen molar-refractivity contribution >= 4 is 34.1 Å². The van der Waals surface area contributed by atoms with Crippen molar-refractivity contribution in [1.82, 2.24) is 4.98 Å². The molecule has 9 heteroatoms. The number of nitrogens with zero attached hydrogens (tertiary/aromatic N) is 2. The van der Waals surface area contributed by atoms with E-state index in [1.54, 1.807) is 30.3 Å². The highest BCUT2D eigenvalue weighted by atomic mass is 16.6. The molecule has 138 valence electrons. The van der Waals surface area contributed by atoms with Crippen molar-refractivity contribution in [1.29, 1.82) is 0 Å². The van der Waals surface area contributed by atoms with E-state index in [1.165, 1.54) is 6.07 Å². The lowest BCUT2D eigenvalue weighted by Crippen LogP contribution is -2.19. The summed E-state index contributed by atoms with van der Waals surface area (Å²) in [5, 5.41) is 14.1. The zero-order valence-corrected chi connectivity index (χ0v) is 14.2. The number of hydrogen-bond acceptors (Lipinski definition) is 6. The number of H-pyrrole nitrogens is 1. The molecule has 0 bridgehead atoms. The Balaban J connectivity index is 1.61. The molecule has 4 rings (SSSR count). The molecule has 0 spiro atoms. The Bertz CT molecular complexity index is 1090. The zero-order chi connectivity index (χ0) is 19.0. The summed E-state index contributed by atoms with van der Waals surface area (Å²) >= 11 is 0. The summed E-state index contributed by atoms with van der Waals surface area (Å²) in [5.74, 6) is -1.06. The monoisotopic (exact) mass is 368 g/mol. The Morgan fingerprint density at radius 1 is 1.19 bits per heavy atom. The van der Waals surface area contributed by atoms with Crippen LogP contribution in [0.15, 0.2) is 45.6 Å². The molecule has 27 heavy (non-hydrogen) atoms. The molecule has 1 aliphatic heterocycles. The quantitative estimate of drug-likeness (QED) is 0.539. The maximum absolute atomic E-state index is 12.5. The van der Waals surface area contributed by atoms with Crippen molar-refractivity contribution < 1.29 is 14.1 Å². The van der Waals surface area contributed by atoms with Crippen molar-refractivity contribution in [2.24, 2.45) is 0 Å². The average molecular weight is 368 g/mol. The molecule has 0 aliphatic carbocycles. The molecule has 0 saturated carbocycles. The van der Waals surface area contributed by atoms with Gasteiger partial charge in [-0.1, -0.05) is 0 Å². The molecular weight excluding hydrogens is 352 g/mol. The number of aromatic nitrogens is 1. The van der Waals surface area contributed by atoms with Crippen molar-refractivity contribution in [2.75, 3.05) is 23.3 Å². The van der Waals surface area contributed by atoms with Gasteiger partial charge in [0.25, 0.3) is 11.6 Å². The summed E-state index contributed by atoms with van der Waals surface area (Å²) in [7, 11) is 0. The first-order valence-electron chi connectivity index (χ1n) is 8.49. The molecule has 2 aromatic carbocycles. The largest absolute Gasteiger partial charge is 0.417 e. The first kappa shape index (κ1) is 16.8. The van der Waals surface area contributed by atoms with Gasteiger partial charge in [0.1, 0.15) is 5.69 Å². The van der Waals surface area contributed by atoms with Crippen LogP contribution in [0.25, 0.3) is 11.1 Å². The maximum atomic E-state index is 12.5. The second kappa shape index (κ2) is 6.60. The number of carbonyl (C=O) groups excluding carboxylic acids is 1. The average Bonchev–Trinajstić information content (AvgIpc) is 3.29. The molecule has 0 unspecified atom stereocenters. The van der Waals surface area contributed by atoms with Crippen LogP contribution in [0.5, 0.6) is 0 Å². The van der Waals surface area contributed by atoms with E-state index in [9.17, 15) is 19.7 Å². The van der Waals surface area contributed by atoms with Crippen LogP contribution in [-0.2, 0) is 0 Å². The summed E-state index contributed by atoms with van der Waals surface area (Å²) in [4.78, 5) is 39.2. The van der Waals surface area contributed by atoms with E-state index in [0.29, 0.717) is 22.5 Å². The first-order chi connectivity index (χ1) is 13.0. The number of carbonyl (C=O) groups is 1. The van der Waals surface area contributed by atoms with Gasteiger partial charge >= 0.3 is 5.76 Å². The Kier molecular flexibility index (Phi) is 4.11. The molecule has 1 fully saturated rings. The van der Waals surface area contributed by atoms with Crippen LogP contribution < -0.4 is 16.0 Å². The second-order valence-corrected chi connectivity index (χ2v) is 6.33. The van der Waals surface area contributed by atoms with E-state index in [0.717, 1.165) is 25.9 Å². The highest BCUT2D eigenvalue weighted by Crippen LogP contribution is 2.32. The van der Waals surface area contributed by atoms with E-state index in [4.69, 9.17) is 4.42 Å². The predicted octanol–water partition coefficient (Wildman–Crippen LogP) is 2.88. The minimum atomic E-state index is -0.582. The van der Waals surface area contributed by atoms with Gasteiger partial charge in [0, 0.05) is 30.4 Å². The molecule has 1 aliphatic rings. The minimum Gasteiger partial charge on any atom is -0.408 e. The SMILES string of the molecule is O=C(Nc1ccc2oc(=O)[nH]c2c1)c1ccc(N2CCCC2)c([N+](=O)[O-])c1. The van der Waals surface area contributed by atoms with Crippen molar-refractivity contribution in [3.63, 3.8) is 0 Å². The summed E-state index contributed by atoms with van der Waals surface area (Å²) in [6.45, 7) is 1.55. The van der Waals surface area contributed by atoms with E-state index in [2.05, 4.69) is 10.3 Å². The highest BCUT2D eigenvalue weighted by molar-refractivity contribution is 6.05. The standard InChI is InChI=1S/C18H16N4O5/c23-17(19-12-4-6-16-13(10-12)20-18(24)27-16)11-3-5-14(15(9-11)22(25)26)21-7-1-2-8-21/h3-6,9-10H,1-2,7-8H2,(H,19,23)(H,20,24). The molecule has 3 aromatic rings. The Labute approximate surface area is 152 Å². The topological polar surface area (TPSA) is 121 Å². The van der Waals surface area contributed by atoms with Gasteiger partial charge in [-0.3, -0.25) is 19.9 Å². The first-order valence-corrected chi connectivity index (χ1v) is 8.49. The number of rotatable bonds is 4. The van der Waals surface area contributed by atoms with Gasteiger partial charge in [-0.2, -0.15) is 0 Å². The van der Waals surface area contributed by atoms with E-state index in [-0.39, 0.29) is 11.3 Å². The Morgan fingerprint density at radius 2 is 1.96 bits per heavy atom. The third kappa shape index (κ3) is 3.26. The third-order valence-corrected chi connectivity index (χ3v) is 4.56. The van der Waals surface area contributed by atoms with Crippen LogP contribution in [-0.4, -0.2) is 28.9 Å². The fourth-order valence-electron chi connectivity index (χ4n) is 3.27. The smallest absolute Gasteiger partial charge is 0.408 e. The summed E-state index contributed by atoms with van der Waals surface area (Å²) in [6, 6.07) is 9.20. The lowest BCUT2D eigenvalue weighted by Gasteiger charge is -2.17. The number of hydrogen-bond donors (Lipinski definition) is 2. The normalized spacial score (nSPS) is 13.9. The van der Waals surface area contributed by atoms with Gasteiger partial charge in [0.05, 0.1) is 10.4 Å². The van der Waals surface area contributed by atoms with E-state index >= 15 is 0 Å². The fourth-order valence-corrected chi connectivity index (χ4v) is 3.27. The number of benzene rings is 2. The van der Waals surface area contributed by atoms with Crippen LogP contribution in [0.1, 0.15) is 23.2 Å². The summed E-state index contributed by atoms with van der Waals surface area (Å²) in [5.41, 5.74) is 1.91. The van der Waals surface area contributed by atoms with Crippen LogP contribution in [0.4, 0.5) is 17.1 Å².